The highest BCUT2D eigenvalue weighted by Crippen LogP contribution is 2.42. The number of carbonyl (C=O) groups excluding carboxylic acids is 4. The molecule has 0 bridgehead atoms. The number of ether oxygens (including phenoxy) is 2. The first kappa shape index (κ1) is 31.6. The summed E-state index contributed by atoms with van der Waals surface area (Å²) >= 11 is 3.02. The summed E-state index contributed by atoms with van der Waals surface area (Å²) in [5, 5.41) is 4.12. The van der Waals surface area contributed by atoms with Gasteiger partial charge in [-0.25, -0.2) is 9.59 Å². The van der Waals surface area contributed by atoms with Gasteiger partial charge in [-0.3, -0.25) is 14.5 Å². The summed E-state index contributed by atoms with van der Waals surface area (Å²) in [6, 6.07) is 21.9. The fourth-order valence-corrected chi connectivity index (χ4v) is 7.70. The minimum Gasteiger partial charge on any atom is -0.448 e. The van der Waals surface area contributed by atoms with E-state index in [-0.39, 0.29) is 11.6 Å². The van der Waals surface area contributed by atoms with E-state index < -0.39 is 41.1 Å². The Labute approximate surface area is 276 Å². The van der Waals surface area contributed by atoms with Crippen molar-refractivity contribution in [2.75, 3.05) is 12.3 Å². The van der Waals surface area contributed by atoms with Crippen LogP contribution in [0.2, 0.25) is 0 Å². The fourth-order valence-electron chi connectivity index (χ4n) is 5.68. The first-order valence-electron chi connectivity index (χ1n) is 15.1. The van der Waals surface area contributed by atoms with Gasteiger partial charge in [0.1, 0.15) is 22.7 Å². The molecule has 3 aliphatic rings. The molecule has 0 unspecified atom stereocenters. The Balaban J connectivity index is 1.32. The van der Waals surface area contributed by atoms with Crippen LogP contribution in [0.5, 0.6) is 0 Å². The van der Waals surface area contributed by atoms with Crippen molar-refractivity contribution in [2.24, 2.45) is 0 Å². The number of allylic oxidation sites excluding steroid dienone is 1. The standard InChI is InChI=1S/C35H35N3O6S2/c1-35(2,3)44-34(42)36-27-31(40)38-28(33(41)43-29(22-11-6-4-7-12-22)23-13-8-5-9-14-23)25(21-46-32(27)38)19-24-16-17-37(30(24)39)20-26-15-10-18-45-26/h4-15,18-19,27,29,32H,16-17,20-21H2,1-3H3,(H,36,42)/t27-,32-/m1/s1. The zero-order valence-corrected chi connectivity index (χ0v) is 27.4. The molecule has 11 heteroatoms. The first-order chi connectivity index (χ1) is 22.1. The Bertz CT molecular complexity index is 1640. The van der Waals surface area contributed by atoms with Gasteiger partial charge >= 0.3 is 12.1 Å². The molecule has 238 valence electrons. The molecule has 0 aliphatic carbocycles. The van der Waals surface area contributed by atoms with Crippen LogP contribution in [-0.2, 0) is 30.4 Å². The minimum atomic E-state index is -0.870. The number of rotatable bonds is 8. The molecule has 0 saturated carbocycles. The predicted octanol–water partition coefficient (Wildman–Crippen LogP) is 5.80. The van der Waals surface area contributed by atoms with E-state index in [1.54, 1.807) is 43.1 Å². The van der Waals surface area contributed by atoms with E-state index in [1.807, 2.05) is 78.2 Å². The molecule has 46 heavy (non-hydrogen) atoms. The molecule has 2 saturated heterocycles. The van der Waals surface area contributed by atoms with Crippen LogP contribution in [0.4, 0.5) is 4.79 Å². The number of amides is 3. The maximum atomic E-state index is 14.2. The number of nitrogens with one attached hydrogen (secondary N) is 1. The highest BCUT2D eigenvalue weighted by molar-refractivity contribution is 8.00. The third kappa shape index (κ3) is 6.75. The maximum Gasteiger partial charge on any atom is 0.408 e. The number of carbonyl (C=O) groups is 4. The maximum absolute atomic E-state index is 14.2. The van der Waals surface area contributed by atoms with Gasteiger partial charge in [-0.1, -0.05) is 66.7 Å². The summed E-state index contributed by atoms with van der Waals surface area (Å²) < 4.78 is 11.6. The second-order valence-corrected chi connectivity index (χ2v) is 14.4. The number of esters is 1. The Morgan fingerprint density at radius 1 is 1.00 bits per heavy atom. The van der Waals surface area contributed by atoms with E-state index in [0.29, 0.717) is 36.4 Å². The van der Waals surface area contributed by atoms with E-state index in [1.165, 1.54) is 16.7 Å². The fraction of sp³-hybridized carbons (Fsp3) is 0.314. The van der Waals surface area contributed by atoms with Gasteiger partial charge in [-0.05, 0) is 61.4 Å². The summed E-state index contributed by atoms with van der Waals surface area (Å²) in [4.78, 5) is 58.1. The first-order valence-corrected chi connectivity index (χ1v) is 17.0. The summed E-state index contributed by atoms with van der Waals surface area (Å²) in [6.45, 7) is 6.33. The van der Waals surface area contributed by atoms with Gasteiger partial charge in [0.05, 0.1) is 6.54 Å². The normalized spacial score (nSPS) is 20.6. The van der Waals surface area contributed by atoms with Crippen molar-refractivity contribution in [1.82, 2.24) is 15.1 Å². The summed E-state index contributed by atoms with van der Waals surface area (Å²) in [5.74, 6) is -0.876. The largest absolute Gasteiger partial charge is 0.448 e. The second-order valence-electron chi connectivity index (χ2n) is 12.2. The lowest BCUT2D eigenvalue weighted by Crippen LogP contribution is -2.70. The van der Waals surface area contributed by atoms with Crippen molar-refractivity contribution in [3.8, 4) is 0 Å². The van der Waals surface area contributed by atoms with Crippen LogP contribution in [0.25, 0.3) is 0 Å². The molecule has 2 aromatic carbocycles. The molecule has 3 aliphatic heterocycles. The number of thiophene rings is 1. The number of benzene rings is 2. The Morgan fingerprint density at radius 3 is 2.28 bits per heavy atom. The van der Waals surface area contributed by atoms with Gasteiger partial charge in [-0.15, -0.1) is 23.1 Å². The third-order valence-electron chi connectivity index (χ3n) is 7.78. The van der Waals surface area contributed by atoms with Crippen LogP contribution in [-0.4, -0.2) is 63.0 Å². The quantitative estimate of drug-likeness (QED) is 0.185. The number of fused-ring (bicyclic) bond motifs is 1. The van der Waals surface area contributed by atoms with Crippen molar-refractivity contribution in [3.63, 3.8) is 0 Å². The van der Waals surface area contributed by atoms with E-state index >= 15 is 0 Å². The number of β-lactam (4-membered cyclic amide) rings is 1. The van der Waals surface area contributed by atoms with Crippen LogP contribution in [0, 0.1) is 0 Å². The Hall–Kier alpha value is -4.35. The number of thioether (sulfide) groups is 1. The molecule has 1 aromatic heterocycles. The molecule has 9 nitrogen and oxygen atoms in total. The van der Waals surface area contributed by atoms with E-state index in [2.05, 4.69) is 5.32 Å². The summed E-state index contributed by atoms with van der Waals surface area (Å²) in [5.41, 5.74) is 2.02. The van der Waals surface area contributed by atoms with Gasteiger partial charge in [0.25, 0.3) is 5.91 Å². The van der Waals surface area contributed by atoms with Gasteiger partial charge in [0.15, 0.2) is 6.10 Å². The Kier molecular flexibility index (Phi) is 9.06. The van der Waals surface area contributed by atoms with Gasteiger partial charge < -0.3 is 19.7 Å². The monoisotopic (exact) mass is 657 g/mol. The number of alkyl carbamates (subject to hydrolysis) is 1. The van der Waals surface area contributed by atoms with Crippen LogP contribution >= 0.6 is 23.1 Å². The van der Waals surface area contributed by atoms with Gasteiger partial charge in [0.2, 0.25) is 5.91 Å². The lowest BCUT2D eigenvalue weighted by Gasteiger charge is -2.49. The SMILES string of the molecule is CC(C)(C)OC(=O)N[C@@H]1C(=O)N2C(C(=O)OC(c3ccccc3)c3ccccc3)=C(C=C3CCN(Cc4cccs4)C3=O)CS[C@H]12. The molecule has 0 spiro atoms. The highest BCUT2D eigenvalue weighted by atomic mass is 32.2. The molecule has 2 atom stereocenters. The number of hydrogen-bond acceptors (Lipinski definition) is 8. The molecule has 1 N–H and O–H groups in total. The van der Waals surface area contributed by atoms with E-state index in [4.69, 9.17) is 9.47 Å². The molecular formula is C35H35N3O6S2. The predicted molar refractivity (Wildman–Crippen MR) is 177 cm³/mol. The van der Waals surface area contributed by atoms with Crippen molar-refractivity contribution in [1.29, 1.82) is 0 Å². The smallest absolute Gasteiger partial charge is 0.408 e. The van der Waals surface area contributed by atoms with Crippen molar-refractivity contribution < 1.29 is 28.7 Å². The topological polar surface area (TPSA) is 105 Å². The molecule has 2 fully saturated rings. The minimum absolute atomic E-state index is 0.0878. The van der Waals surface area contributed by atoms with E-state index in [0.717, 1.165) is 16.0 Å². The van der Waals surface area contributed by atoms with Crippen LogP contribution in [0.3, 0.4) is 0 Å². The molecule has 0 radical (unpaired) electrons. The number of nitrogens with zero attached hydrogens (tertiary/aromatic N) is 2. The second kappa shape index (κ2) is 13.2. The molecule has 4 heterocycles. The van der Waals surface area contributed by atoms with Gasteiger partial charge in [-0.2, -0.15) is 0 Å². The lowest BCUT2D eigenvalue weighted by atomic mass is 10.00. The molecular weight excluding hydrogens is 623 g/mol. The average molecular weight is 658 g/mol. The van der Waals surface area contributed by atoms with Crippen molar-refractivity contribution in [3.05, 3.63) is 117 Å². The van der Waals surface area contributed by atoms with Crippen LogP contribution in [0.15, 0.2) is 101 Å². The molecule has 6 rings (SSSR count). The lowest BCUT2D eigenvalue weighted by molar-refractivity contribution is -0.153. The van der Waals surface area contributed by atoms with Crippen LogP contribution in [0.1, 0.15) is 49.3 Å². The molecule has 3 aromatic rings. The number of likely N-dealkylation sites (tertiary alicyclic amines) is 1. The third-order valence-corrected chi connectivity index (χ3v) is 9.94. The Morgan fingerprint density at radius 2 is 1.67 bits per heavy atom. The van der Waals surface area contributed by atoms with Crippen molar-refractivity contribution in [2.45, 2.75) is 56.9 Å². The van der Waals surface area contributed by atoms with E-state index in [9.17, 15) is 19.2 Å². The highest BCUT2D eigenvalue weighted by Gasteiger charge is 2.55. The zero-order valence-electron chi connectivity index (χ0n) is 25.8. The van der Waals surface area contributed by atoms with Crippen molar-refractivity contribution >= 4 is 47.0 Å². The zero-order chi connectivity index (χ0) is 32.4. The summed E-state index contributed by atoms with van der Waals surface area (Å²) in [7, 11) is 0. The van der Waals surface area contributed by atoms with Gasteiger partial charge in [0, 0.05) is 22.7 Å². The average Bonchev–Trinajstić information content (AvgIpc) is 3.68. The molecule has 3 amide bonds. The van der Waals surface area contributed by atoms with Crippen LogP contribution < -0.4 is 5.32 Å². The number of hydrogen-bond donors (Lipinski definition) is 1. The summed E-state index contributed by atoms with van der Waals surface area (Å²) in [6.07, 6.45) is 0.837.